The van der Waals surface area contributed by atoms with Crippen molar-refractivity contribution in [3.8, 4) is 11.4 Å². The molecule has 0 atom stereocenters. The number of pyridine rings is 1. The molecule has 2 rings (SSSR count). The average molecular weight is 256 g/mol. The van der Waals surface area contributed by atoms with Crippen LogP contribution >= 0.6 is 0 Å². The van der Waals surface area contributed by atoms with Crippen molar-refractivity contribution in [1.82, 2.24) is 19.7 Å². The quantitative estimate of drug-likeness (QED) is 0.846. The van der Waals surface area contributed by atoms with Crippen molar-refractivity contribution in [2.45, 2.75) is 19.0 Å². The molecule has 0 N–H and O–H groups in total. The van der Waals surface area contributed by atoms with Gasteiger partial charge in [0.05, 0.1) is 6.42 Å². The molecule has 0 spiro atoms. The molecule has 0 unspecified atom stereocenters. The SMILES string of the molecule is Cn1nc(-c2cccnc2)nc1CCC(F)(F)F. The third-order valence-electron chi connectivity index (χ3n) is 2.41. The van der Waals surface area contributed by atoms with Crippen LogP contribution < -0.4 is 0 Å². The van der Waals surface area contributed by atoms with Crippen LogP contribution in [0.25, 0.3) is 11.4 Å². The zero-order valence-corrected chi connectivity index (χ0v) is 9.65. The van der Waals surface area contributed by atoms with E-state index in [9.17, 15) is 13.2 Å². The van der Waals surface area contributed by atoms with Gasteiger partial charge < -0.3 is 0 Å². The fourth-order valence-electron chi connectivity index (χ4n) is 1.51. The molecule has 0 amide bonds. The lowest BCUT2D eigenvalue weighted by molar-refractivity contribution is -0.134. The van der Waals surface area contributed by atoms with Crippen LogP contribution in [0.4, 0.5) is 13.2 Å². The molecular weight excluding hydrogens is 245 g/mol. The summed E-state index contributed by atoms with van der Waals surface area (Å²) in [7, 11) is 1.58. The van der Waals surface area contributed by atoms with Gasteiger partial charge in [-0.15, -0.1) is 0 Å². The Labute approximate surface area is 101 Å². The van der Waals surface area contributed by atoms with Crippen molar-refractivity contribution in [3.63, 3.8) is 0 Å². The molecule has 0 bridgehead atoms. The Morgan fingerprint density at radius 2 is 2.11 bits per heavy atom. The molecule has 18 heavy (non-hydrogen) atoms. The Morgan fingerprint density at radius 1 is 1.33 bits per heavy atom. The number of nitrogens with zero attached hydrogens (tertiary/aromatic N) is 4. The van der Waals surface area contributed by atoms with E-state index in [4.69, 9.17) is 0 Å². The zero-order chi connectivity index (χ0) is 13.2. The highest BCUT2D eigenvalue weighted by Gasteiger charge is 2.27. The van der Waals surface area contributed by atoms with Crippen LogP contribution in [0.15, 0.2) is 24.5 Å². The minimum absolute atomic E-state index is 0.173. The van der Waals surface area contributed by atoms with Gasteiger partial charge in [-0.3, -0.25) is 9.67 Å². The van der Waals surface area contributed by atoms with E-state index >= 15 is 0 Å². The maximum atomic E-state index is 12.1. The Kier molecular flexibility index (Phi) is 3.31. The maximum absolute atomic E-state index is 12.1. The summed E-state index contributed by atoms with van der Waals surface area (Å²) in [6, 6.07) is 3.48. The standard InChI is InChI=1S/C11H11F3N4/c1-18-9(4-5-11(12,13)14)16-10(17-18)8-3-2-6-15-7-8/h2-3,6-7H,4-5H2,1H3. The first-order valence-electron chi connectivity index (χ1n) is 5.33. The molecule has 0 aliphatic rings. The van der Waals surface area contributed by atoms with Crippen molar-refractivity contribution < 1.29 is 13.2 Å². The van der Waals surface area contributed by atoms with Gasteiger partial charge in [-0.25, -0.2) is 4.98 Å². The van der Waals surface area contributed by atoms with E-state index in [1.165, 1.54) is 4.68 Å². The Morgan fingerprint density at radius 3 is 2.72 bits per heavy atom. The molecular formula is C11H11F3N4. The van der Waals surface area contributed by atoms with Gasteiger partial charge in [0.2, 0.25) is 0 Å². The van der Waals surface area contributed by atoms with Crippen molar-refractivity contribution in [2.75, 3.05) is 0 Å². The van der Waals surface area contributed by atoms with Gasteiger partial charge in [0.15, 0.2) is 5.82 Å². The van der Waals surface area contributed by atoms with E-state index in [0.717, 1.165) is 0 Å². The monoisotopic (exact) mass is 256 g/mol. The van der Waals surface area contributed by atoms with E-state index in [1.54, 1.807) is 31.6 Å². The van der Waals surface area contributed by atoms with Gasteiger partial charge in [0, 0.05) is 31.4 Å². The first-order valence-corrected chi connectivity index (χ1v) is 5.33. The molecule has 2 heterocycles. The average Bonchev–Trinajstić information content (AvgIpc) is 2.68. The Balaban J connectivity index is 2.17. The van der Waals surface area contributed by atoms with Crippen LogP contribution in [0.2, 0.25) is 0 Å². The first-order chi connectivity index (χ1) is 8.46. The number of aryl methyl sites for hydroxylation is 2. The second-order valence-corrected chi connectivity index (χ2v) is 3.83. The molecule has 0 fully saturated rings. The second kappa shape index (κ2) is 4.75. The molecule has 2 aromatic rings. The molecule has 7 heteroatoms. The summed E-state index contributed by atoms with van der Waals surface area (Å²) in [5.74, 6) is 0.703. The van der Waals surface area contributed by atoms with E-state index in [1.807, 2.05) is 0 Å². The lowest BCUT2D eigenvalue weighted by Crippen LogP contribution is -2.11. The van der Waals surface area contributed by atoms with Crippen molar-refractivity contribution in [3.05, 3.63) is 30.4 Å². The maximum Gasteiger partial charge on any atom is 0.389 e. The van der Waals surface area contributed by atoms with E-state index < -0.39 is 12.6 Å². The predicted octanol–water partition coefficient (Wildman–Crippen LogP) is 2.37. The summed E-state index contributed by atoms with van der Waals surface area (Å²) in [4.78, 5) is 8.01. The van der Waals surface area contributed by atoms with Crippen LogP contribution in [-0.4, -0.2) is 25.9 Å². The summed E-state index contributed by atoms with van der Waals surface area (Å²) in [5.41, 5.74) is 0.686. The zero-order valence-electron chi connectivity index (χ0n) is 9.65. The van der Waals surface area contributed by atoms with Crippen LogP contribution in [-0.2, 0) is 13.5 Å². The number of hydrogen-bond acceptors (Lipinski definition) is 3. The minimum atomic E-state index is -4.18. The molecule has 0 aliphatic carbocycles. The first kappa shape index (κ1) is 12.5. The van der Waals surface area contributed by atoms with Crippen molar-refractivity contribution in [1.29, 1.82) is 0 Å². The van der Waals surface area contributed by atoms with Gasteiger partial charge in [-0.2, -0.15) is 18.3 Å². The Bertz CT molecular complexity index is 519. The van der Waals surface area contributed by atoms with Gasteiger partial charge >= 0.3 is 6.18 Å². The molecule has 4 nitrogen and oxygen atoms in total. The largest absolute Gasteiger partial charge is 0.389 e. The van der Waals surface area contributed by atoms with Crippen LogP contribution in [0, 0.1) is 0 Å². The molecule has 0 saturated carbocycles. The fraction of sp³-hybridized carbons (Fsp3) is 0.364. The van der Waals surface area contributed by atoms with Crippen LogP contribution in [0.1, 0.15) is 12.2 Å². The Hall–Kier alpha value is -1.92. The third-order valence-corrected chi connectivity index (χ3v) is 2.41. The molecule has 0 aromatic carbocycles. The summed E-state index contributed by atoms with van der Waals surface area (Å²) in [6.45, 7) is 0. The van der Waals surface area contributed by atoms with E-state index in [0.29, 0.717) is 17.2 Å². The van der Waals surface area contributed by atoms with Crippen LogP contribution in [0.3, 0.4) is 0 Å². The summed E-state index contributed by atoms with van der Waals surface area (Å²) in [5, 5.41) is 4.08. The number of halogens is 3. The summed E-state index contributed by atoms with van der Waals surface area (Å²) >= 11 is 0. The lowest BCUT2D eigenvalue weighted by atomic mass is 10.2. The van der Waals surface area contributed by atoms with E-state index in [-0.39, 0.29) is 6.42 Å². The molecule has 0 aliphatic heterocycles. The highest BCUT2D eigenvalue weighted by Crippen LogP contribution is 2.22. The highest BCUT2D eigenvalue weighted by molar-refractivity contribution is 5.52. The smallest absolute Gasteiger partial charge is 0.264 e. The molecule has 0 saturated heterocycles. The third kappa shape index (κ3) is 3.06. The normalized spacial score (nSPS) is 11.8. The number of aromatic nitrogens is 4. The number of alkyl halides is 3. The highest BCUT2D eigenvalue weighted by atomic mass is 19.4. The van der Waals surface area contributed by atoms with Gasteiger partial charge in [0.1, 0.15) is 5.82 Å². The number of rotatable bonds is 3. The van der Waals surface area contributed by atoms with Gasteiger partial charge in [-0.05, 0) is 12.1 Å². The summed E-state index contributed by atoms with van der Waals surface area (Å²) in [6.07, 6.45) is -2.07. The fourth-order valence-corrected chi connectivity index (χ4v) is 1.51. The van der Waals surface area contributed by atoms with Gasteiger partial charge in [-0.1, -0.05) is 0 Å². The van der Waals surface area contributed by atoms with Crippen LogP contribution in [0.5, 0.6) is 0 Å². The minimum Gasteiger partial charge on any atom is -0.264 e. The summed E-state index contributed by atoms with van der Waals surface area (Å²) < 4.78 is 37.8. The van der Waals surface area contributed by atoms with Crippen molar-refractivity contribution >= 4 is 0 Å². The topological polar surface area (TPSA) is 43.6 Å². The number of hydrogen-bond donors (Lipinski definition) is 0. The predicted molar refractivity (Wildman–Crippen MR) is 58.6 cm³/mol. The van der Waals surface area contributed by atoms with Gasteiger partial charge in [0.25, 0.3) is 0 Å². The molecule has 2 aromatic heterocycles. The molecule has 0 radical (unpaired) electrons. The van der Waals surface area contributed by atoms with Crippen molar-refractivity contribution in [2.24, 2.45) is 7.05 Å². The van der Waals surface area contributed by atoms with E-state index in [2.05, 4.69) is 15.1 Å². The second-order valence-electron chi connectivity index (χ2n) is 3.83. The lowest BCUT2D eigenvalue weighted by Gasteiger charge is -2.04. The molecule has 96 valence electrons.